The molecule has 0 aromatic heterocycles. The minimum Gasteiger partial charge on any atom is -0.744 e. The summed E-state index contributed by atoms with van der Waals surface area (Å²) in [6.45, 7) is 4.61. The molecule has 0 spiro atoms. The van der Waals surface area contributed by atoms with Gasteiger partial charge in [0.05, 0.1) is 9.79 Å². The summed E-state index contributed by atoms with van der Waals surface area (Å²) in [4.78, 5) is -0.209. The molecule has 0 N–H and O–H groups in total. The molecule has 0 fully saturated rings. The van der Waals surface area contributed by atoms with Gasteiger partial charge < -0.3 is 9.11 Å². The van der Waals surface area contributed by atoms with Crippen molar-refractivity contribution in [2.24, 2.45) is 0 Å². The molecule has 0 aliphatic carbocycles. The summed E-state index contributed by atoms with van der Waals surface area (Å²) in [7, 11) is -8.70. The zero-order valence-electron chi connectivity index (χ0n) is 76.2. The maximum atomic E-state index is 11.2. The number of hydrogen-bond acceptors (Lipinski definition) is 6. The van der Waals surface area contributed by atoms with Crippen molar-refractivity contribution in [3.05, 3.63) is 59.7 Å². The smallest absolute Gasteiger partial charge is 0.744 e. The summed E-state index contributed by atoms with van der Waals surface area (Å²) in [5.74, 6) is 0. The number of benzene rings is 2. The van der Waals surface area contributed by atoms with Gasteiger partial charge in [0.2, 0.25) is 0 Å². The fourth-order valence-corrected chi connectivity index (χ4v) is 18.4. The van der Waals surface area contributed by atoms with E-state index < -0.39 is 20.2 Å². The molecule has 0 aliphatic rings. The molecule has 2 aromatic carbocycles. The average molecular weight is 1630 g/mol. The fraction of sp³-hybridized carbons (Fsp3) is 0.885. The molecular formula is C104H194MgO6S2. The van der Waals surface area contributed by atoms with Crippen molar-refractivity contribution >= 4 is 43.3 Å². The molecule has 0 atom stereocenters. The molecule has 6 nitrogen and oxygen atoms in total. The van der Waals surface area contributed by atoms with Crippen LogP contribution in [0.4, 0.5) is 0 Å². The Morgan fingerprint density at radius 1 is 0.177 bits per heavy atom. The molecular weight excluding hydrogens is 1430 g/mol. The van der Waals surface area contributed by atoms with E-state index in [-0.39, 0.29) is 32.8 Å². The first-order valence-electron chi connectivity index (χ1n) is 51.2. The Balaban J connectivity index is 0.00000220. The Morgan fingerprint density at radius 3 is 0.389 bits per heavy atom. The topological polar surface area (TPSA) is 114 Å². The molecule has 0 unspecified atom stereocenters. The molecule has 0 radical (unpaired) electrons. The van der Waals surface area contributed by atoms with Crippen LogP contribution in [0.25, 0.3) is 0 Å². The second-order valence-corrected chi connectivity index (χ2v) is 38.9. The first-order chi connectivity index (χ1) is 55.1. The van der Waals surface area contributed by atoms with Crippen molar-refractivity contribution in [1.82, 2.24) is 0 Å². The Labute approximate surface area is 725 Å². The van der Waals surface area contributed by atoms with Crippen LogP contribution in [0.5, 0.6) is 0 Å². The molecule has 660 valence electrons. The predicted molar refractivity (Wildman–Crippen MR) is 500 cm³/mol. The van der Waals surface area contributed by atoms with Gasteiger partial charge in [0.1, 0.15) is 20.2 Å². The van der Waals surface area contributed by atoms with Gasteiger partial charge in [0.15, 0.2) is 0 Å². The minimum atomic E-state index is -4.35. The Kier molecular flexibility index (Phi) is 91.0. The number of aryl methyl sites for hydroxylation is 2. The Hall–Kier alpha value is -0.974. The zero-order chi connectivity index (χ0) is 80.6. The maximum Gasteiger partial charge on any atom is 2.00 e. The Morgan fingerprint density at radius 2 is 0.283 bits per heavy atom. The molecule has 0 saturated carbocycles. The van der Waals surface area contributed by atoms with Gasteiger partial charge >= 0.3 is 23.1 Å². The van der Waals surface area contributed by atoms with E-state index in [9.17, 15) is 25.9 Å². The van der Waals surface area contributed by atoms with E-state index in [4.69, 9.17) is 0 Å². The van der Waals surface area contributed by atoms with E-state index in [2.05, 4.69) is 13.8 Å². The number of unbranched alkanes of at least 4 members (excludes halogenated alkanes) is 86. The van der Waals surface area contributed by atoms with Crippen molar-refractivity contribution in [2.45, 2.75) is 602 Å². The van der Waals surface area contributed by atoms with Gasteiger partial charge in [-0.1, -0.05) is 590 Å². The third-order valence-electron chi connectivity index (χ3n) is 25.0. The van der Waals surface area contributed by atoms with Crippen LogP contribution in [0.1, 0.15) is 590 Å². The third kappa shape index (κ3) is 87.2. The van der Waals surface area contributed by atoms with E-state index in [0.717, 1.165) is 36.8 Å². The molecule has 113 heavy (non-hydrogen) atoms. The van der Waals surface area contributed by atoms with E-state index in [1.54, 1.807) is 12.1 Å². The van der Waals surface area contributed by atoms with E-state index >= 15 is 0 Å². The van der Waals surface area contributed by atoms with Crippen molar-refractivity contribution in [1.29, 1.82) is 0 Å². The molecule has 2 aromatic rings. The fourth-order valence-electron chi connectivity index (χ4n) is 17.4. The summed E-state index contributed by atoms with van der Waals surface area (Å²) >= 11 is 0. The molecule has 0 aliphatic heterocycles. The largest absolute Gasteiger partial charge is 2.00 e. The van der Waals surface area contributed by atoms with Crippen LogP contribution in [0.2, 0.25) is 0 Å². The second kappa shape index (κ2) is 91.8. The van der Waals surface area contributed by atoms with Crippen molar-refractivity contribution < 1.29 is 25.9 Å². The van der Waals surface area contributed by atoms with Crippen LogP contribution in [-0.4, -0.2) is 49.0 Å². The average Bonchev–Trinajstić information content (AvgIpc) is 0.863. The first kappa shape index (κ1) is 112. The number of rotatable bonds is 92. The summed E-state index contributed by atoms with van der Waals surface area (Å²) < 4.78 is 67.1. The van der Waals surface area contributed by atoms with Gasteiger partial charge in [-0.05, 0) is 61.1 Å². The second-order valence-electron chi connectivity index (χ2n) is 36.1. The standard InChI is InChI=1S/2C52H98O3S.Mg/c2*1-2-3-4-5-6-7-8-9-10-11-12-13-14-15-16-17-18-19-20-21-22-23-24-25-26-27-28-29-30-31-32-33-34-35-36-37-38-39-40-41-42-43-44-45-47-51-48-46-49-52(50-51)56(53,54)55;/h2*46,48-50H,2-45,47H2,1H3,(H,53,54,55);/q;;+2/p-2. The molecule has 9 heteroatoms. The SMILES string of the molecule is CCCCCCCCCCCCCCCCCCCCCCCCCCCCCCCCCCCCCCCCCCCCCCc1cccc(S(=O)(=O)[O-])c1.CCCCCCCCCCCCCCCCCCCCCCCCCCCCCCCCCCCCCCCCCCCCCCc1cccc(S(=O)(=O)[O-])c1.[Mg+2]. The van der Waals surface area contributed by atoms with Crippen LogP contribution >= 0.6 is 0 Å². The molecule has 2 rings (SSSR count). The number of hydrogen-bond donors (Lipinski definition) is 0. The molecule has 0 heterocycles. The molecule has 0 amide bonds. The summed E-state index contributed by atoms with van der Waals surface area (Å²) in [6, 6.07) is 13.0. The van der Waals surface area contributed by atoms with Crippen LogP contribution < -0.4 is 0 Å². The van der Waals surface area contributed by atoms with Crippen molar-refractivity contribution in [2.75, 3.05) is 0 Å². The summed E-state index contributed by atoms with van der Waals surface area (Å²) in [5.41, 5.74) is 1.91. The van der Waals surface area contributed by atoms with Crippen LogP contribution in [-0.2, 0) is 33.1 Å². The van der Waals surface area contributed by atoms with E-state index in [1.807, 2.05) is 12.1 Å². The summed E-state index contributed by atoms with van der Waals surface area (Å²) in [6.07, 6.45) is 128. The van der Waals surface area contributed by atoms with Gasteiger partial charge in [-0.25, -0.2) is 16.8 Å². The minimum absolute atomic E-state index is 0. The van der Waals surface area contributed by atoms with Gasteiger partial charge in [-0.3, -0.25) is 0 Å². The van der Waals surface area contributed by atoms with Gasteiger partial charge in [-0.15, -0.1) is 0 Å². The quantitative estimate of drug-likeness (QED) is 0.0370. The molecule has 0 saturated heterocycles. The van der Waals surface area contributed by atoms with Gasteiger partial charge in [0.25, 0.3) is 0 Å². The summed E-state index contributed by atoms with van der Waals surface area (Å²) in [5, 5.41) is 0. The monoisotopic (exact) mass is 1630 g/mol. The van der Waals surface area contributed by atoms with Crippen LogP contribution in [0, 0.1) is 0 Å². The third-order valence-corrected chi connectivity index (χ3v) is 26.7. The van der Waals surface area contributed by atoms with Crippen LogP contribution in [0.3, 0.4) is 0 Å². The maximum absolute atomic E-state index is 11.2. The van der Waals surface area contributed by atoms with Crippen molar-refractivity contribution in [3.8, 4) is 0 Å². The van der Waals surface area contributed by atoms with Gasteiger partial charge in [0, 0.05) is 0 Å². The first-order valence-corrected chi connectivity index (χ1v) is 54.0. The van der Waals surface area contributed by atoms with E-state index in [0.29, 0.717) is 0 Å². The molecule has 0 bridgehead atoms. The normalized spacial score (nSPS) is 11.8. The van der Waals surface area contributed by atoms with Crippen molar-refractivity contribution in [3.63, 3.8) is 0 Å². The predicted octanol–water partition coefficient (Wildman–Crippen LogP) is 36.3. The van der Waals surface area contributed by atoms with Crippen LogP contribution in [0.15, 0.2) is 58.3 Å². The zero-order valence-corrected chi connectivity index (χ0v) is 79.3. The Bertz CT molecular complexity index is 2210. The van der Waals surface area contributed by atoms with E-state index in [1.165, 1.54) is 576 Å². The van der Waals surface area contributed by atoms with Gasteiger partial charge in [-0.2, -0.15) is 0 Å².